The molecule has 33 heavy (non-hydrogen) atoms. The number of carbonyl (C=O) groups is 1. The van der Waals surface area contributed by atoms with E-state index in [1.807, 2.05) is 41.8 Å². The van der Waals surface area contributed by atoms with Gasteiger partial charge in [0.15, 0.2) is 5.16 Å². The van der Waals surface area contributed by atoms with Gasteiger partial charge < -0.3 is 20.2 Å². The average molecular weight is 464 g/mol. The fourth-order valence-corrected chi connectivity index (χ4v) is 4.87. The number of nitrogens with one attached hydrogen (secondary N) is 3. The van der Waals surface area contributed by atoms with Crippen molar-refractivity contribution in [1.82, 2.24) is 24.7 Å². The van der Waals surface area contributed by atoms with Gasteiger partial charge in [0.05, 0.1) is 22.0 Å². The van der Waals surface area contributed by atoms with E-state index in [2.05, 4.69) is 30.4 Å². The van der Waals surface area contributed by atoms with Crippen molar-refractivity contribution in [3.63, 3.8) is 0 Å². The molecule has 1 saturated heterocycles. The van der Waals surface area contributed by atoms with Crippen LogP contribution in [0.4, 0.5) is 11.6 Å². The summed E-state index contributed by atoms with van der Waals surface area (Å²) in [6.45, 7) is 3.76. The molecule has 10 heteroatoms. The summed E-state index contributed by atoms with van der Waals surface area (Å²) < 4.78 is 2.04. The molecule has 9 nitrogen and oxygen atoms in total. The van der Waals surface area contributed by atoms with Crippen LogP contribution in [0, 0.1) is 0 Å². The van der Waals surface area contributed by atoms with Gasteiger partial charge in [0, 0.05) is 18.8 Å². The van der Waals surface area contributed by atoms with Crippen molar-refractivity contribution in [2.75, 3.05) is 23.3 Å². The average Bonchev–Trinajstić information content (AvgIpc) is 3.42. The molecule has 0 aliphatic carbocycles. The molecule has 5 rings (SSSR count). The number of carbonyl (C=O) groups excluding carboxylic acids is 1. The van der Waals surface area contributed by atoms with Gasteiger partial charge in [-0.05, 0) is 56.5 Å². The first kappa shape index (κ1) is 21.3. The second-order valence-electron chi connectivity index (χ2n) is 8.09. The van der Waals surface area contributed by atoms with Crippen LogP contribution in [0.1, 0.15) is 26.2 Å². The summed E-state index contributed by atoms with van der Waals surface area (Å²) >= 11 is 1.37. The zero-order valence-electron chi connectivity index (χ0n) is 18.2. The topological polar surface area (TPSA) is 112 Å². The molecule has 0 saturated carbocycles. The second kappa shape index (κ2) is 9.14. The Hall–Kier alpha value is -3.53. The summed E-state index contributed by atoms with van der Waals surface area (Å²) in [5, 5.41) is 12.1. The van der Waals surface area contributed by atoms with Crippen LogP contribution in [-0.4, -0.2) is 49.0 Å². The van der Waals surface area contributed by atoms with Gasteiger partial charge in [0.25, 0.3) is 0 Å². The predicted molar refractivity (Wildman–Crippen MR) is 130 cm³/mol. The molecule has 3 N–H and O–H groups in total. The van der Waals surface area contributed by atoms with Crippen LogP contribution in [0.5, 0.6) is 0 Å². The van der Waals surface area contributed by atoms with Crippen molar-refractivity contribution < 1.29 is 4.79 Å². The van der Waals surface area contributed by atoms with E-state index >= 15 is 0 Å². The van der Waals surface area contributed by atoms with Crippen molar-refractivity contribution in [3.05, 3.63) is 59.0 Å². The predicted octanol–water partition coefficient (Wildman–Crippen LogP) is 3.55. The summed E-state index contributed by atoms with van der Waals surface area (Å²) in [7, 11) is 0. The Morgan fingerprint density at radius 1 is 1.03 bits per heavy atom. The van der Waals surface area contributed by atoms with Crippen LogP contribution >= 0.6 is 11.8 Å². The third kappa shape index (κ3) is 4.51. The van der Waals surface area contributed by atoms with E-state index in [9.17, 15) is 9.59 Å². The zero-order valence-corrected chi connectivity index (χ0v) is 19.1. The molecule has 1 fully saturated rings. The minimum Gasteiger partial charge on any atom is -0.341 e. The van der Waals surface area contributed by atoms with Gasteiger partial charge in [-0.1, -0.05) is 30.0 Å². The molecule has 1 aliphatic heterocycles. The number of benzene rings is 2. The Labute approximate surface area is 194 Å². The van der Waals surface area contributed by atoms with E-state index < -0.39 is 5.25 Å². The number of hydrogen-bond acceptors (Lipinski definition) is 6. The molecule has 170 valence electrons. The lowest BCUT2D eigenvalue weighted by molar-refractivity contribution is -0.115. The maximum atomic E-state index is 12.9. The molecule has 0 radical (unpaired) electrons. The van der Waals surface area contributed by atoms with Crippen molar-refractivity contribution in [1.29, 1.82) is 0 Å². The fourth-order valence-electron chi connectivity index (χ4n) is 4.01. The molecule has 2 aromatic heterocycles. The van der Waals surface area contributed by atoms with Crippen molar-refractivity contribution >= 4 is 40.3 Å². The number of thioether (sulfide) groups is 1. The first-order valence-corrected chi connectivity index (χ1v) is 11.9. The molecule has 0 bridgehead atoms. The summed E-state index contributed by atoms with van der Waals surface area (Å²) in [5.41, 5.74) is 2.66. The van der Waals surface area contributed by atoms with Crippen molar-refractivity contribution in [2.45, 2.75) is 36.6 Å². The number of para-hydroxylation sites is 1. The molecule has 0 spiro atoms. The van der Waals surface area contributed by atoms with Gasteiger partial charge in [-0.25, -0.2) is 4.79 Å². The Bertz CT molecular complexity index is 1320. The second-order valence-corrected chi connectivity index (χ2v) is 9.40. The van der Waals surface area contributed by atoms with Gasteiger partial charge in [-0.2, -0.15) is 0 Å². The molecule has 3 heterocycles. The minimum absolute atomic E-state index is 0.153. The quantitative estimate of drug-likeness (QED) is 0.377. The monoisotopic (exact) mass is 463 g/mol. The highest BCUT2D eigenvalue weighted by molar-refractivity contribution is 8.00. The number of aromatic nitrogens is 5. The number of amides is 1. The maximum absolute atomic E-state index is 12.9. The van der Waals surface area contributed by atoms with Crippen LogP contribution in [0.2, 0.25) is 0 Å². The molecule has 4 aromatic rings. The van der Waals surface area contributed by atoms with Crippen LogP contribution in [0.15, 0.2) is 58.5 Å². The largest absolute Gasteiger partial charge is 0.341 e. The third-order valence-electron chi connectivity index (χ3n) is 5.70. The van der Waals surface area contributed by atoms with Crippen LogP contribution in [0.25, 0.3) is 16.7 Å². The number of imidazole rings is 1. The summed E-state index contributed by atoms with van der Waals surface area (Å²) in [6.07, 6.45) is 3.51. The van der Waals surface area contributed by atoms with Gasteiger partial charge in [0.1, 0.15) is 0 Å². The van der Waals surface area contributed by atoms with Crippen molar-refractivity contribution in [3.8, 4) is 5.69 Å². The smallest absolute Gasteiger partial charge is 0.323 e. The normalized spacial score (nSPS) is 15.0. The summed E-state index contributed by atoms with van der Waals surface area (Å²) in [4.78, 5) is 32.1. The first-order chi connectivity index (χ1) is 16.1. The van der Waals surface area contributed by atoms with Gasteiger partial charge in [-0.15, -0.1) is 10.2 Å². The first-order valence-electron chi connectivity index (χ1n) is 11.0. The maximum Gasteiger partial charge on any atom is 0.323 e. The Morgan fingerprint density at radius 2 is 1.79 bits per heavy atom. The standard InChI is InChI=1S/C23H25N7O2S/c1-15(20(31)24-16-10-11-18-19(14-16)26-21(32)25-18)33-23-28-27-22(29-12-6-3-7-13-29)30(23)17-8-4-2-5-9-17/h2,4-5,8-11,14-15H,3,6-7,12-13H2,1H3,(H,24,31)(H2,25,26,32)/t15-/m0/s1. The fraction of sp³-hybridized carbons (Fsp3) is 0.304. The van der Waals surface area contributed by atoms with Crippen molar-refractivity contribution in [2.24, 2.45) is 0 Å². The van der Waals surface area contributed by atoms with E-state index in [4.69, 9.17) is 0 Å². The van der Waals surface area contributed by atoms with E-state index in [1.165, 1.54) is 18.2 Å². The van der Waals surface area contributed by atoms with Crippen LogP contribution < -0.4 is 15.9 Å². The van der Waals surface area contributed by atoms with Gasteiger partial charge in [-0.3, -0.25) is 9.36 Å². The molecular weight excluding hydrogens is 438 g/mol. The highest BCUT2D eigenvalue weighted by Crippen LogP contribution is 2.31. The number of piperidine rings is 1. The number of nitrogens with zero attached hydrogens (tertiary/aromatic N) is 4. The molecule has 2 aromatic carbocycles. The number of aromatic amines is 2. The molecule has 1 amide bonds. The number of anilines is 2. The van der Waals surface area contributed by atoms with E-state index in [0.717, 1.165) is 37.6 Å². The lowest BCUT2D eigenvalue weighted by Crippen LogP contribution is -2.31. The number of rotatable bonds is 6. The van der Waals surface area contributed by atoms with Crippen LogP contribution in [-0.2, 0) is 4.79 Å². The lowest BCUT2D eigenvalue weighted by Gasteiger charge is -2.28. The van der Waals surface area contributed by atoms with Crippen LogP contribution in [0.3, 0.4) is 0 Å². The van der Waals surface area contributed by atoms with E-state index in [0.29, 0.717) is 21.9 Å². The minimum atomic E-state index is -0.410. The summed E-state index contributed by atoms with van der Waals surface area (Å²) in [6, 6.07) is 15.3. The molecule has 1 aliphatic rings. The van der Waals surface area contributed by atoms with E-state index in [-0.39, 0.29) is 11.6 Å². The molecular formula is C23H25N7O2S. The number of hydrogen-bond donors (Lipinski definition) is 3. The molecule has 0 unspecified atom stereocenters. The third-order valence-corrected chi connectivity index (χ3v) is 6.75. The zero-order chi connectivity index (χ0) is 22.8. The highest BCUT2D eigenvalue weighted by atomic mass is 32.2. The van der Waals surface area contributed by atoms with E-state index in [1.54, 1.807) is 18.2 Å². The molecule has 1 atom stereocenters. The Balaban J connectivity index is 1.37. The highest BCUT2D eigenvalue weighted by Gasteiger charge is 2.24. The SMILES string of the molecule is C[C@H](Sc1nnc(N2CCCCC2)n1-c1ccccc1)C(=O)Nc1ccc2[nH]c(=O)[nH]c2c1. The van der Waals surface area contributed by atoms with Gasteiger partial charge in [0.2, 0.25) is 11.9 Å². The summed E-state index contributed by atoms with van der Waals surface area (Å²) in [5.74, 6) is 0.664. The van der Waals surface area contributed by atoms with Gasteiger partial charge >= 0.3 is 5.69 Å². The number of fused-ring (bicyclic) bond motifs is 1. The number of H-pyrrole nitrogens is 2. The lowest BCUT2D eigenvalue weighted by atomic mass is 10.1. The Kier molecular flexibility index (Phi) is 5.91. The Morgan fingerprint density at radius 3 is 2.58 bits per heavy atom.